The molecule has 3 aromatic carbocycles. The third-order valence-electron chi connectivity index (χ3n) is 12.5. The first-order chi connectivity index (χ1) is 29.7. The minimum Gasteiger partial charge on any atom is -0.507 e. The summed E-state index contributed by atoms with van der Waals surface area (Å²) in [4.78, 5) is 67.0. The highest BCUT2D eigenvalue weighted by Gasteiger charge is 2.71. The van der Waals surface area contributed by atoms with E-state index in [1.165, 1.54) is 31.3 Å². The zero-order valence-corrected chi connectivity index (χ0v) is 34.4. The van der Waals surface area contributed by atoms with Crippen molar-refractivity contribution in [2.24, 2.45) is 23.7 Å². The smallest absolute Gasteiger partial charge is 0.433 e. The maximum absolute atomic E-state index is 15.5. The van der Waals surface area contributed by atoms with Crippen molar-refractivity contribution in [2.45, 2.75) is 36.5 Å². The Kier molecular flexibility index (Phi) is 9.99. The Hall–Kier alpha value is -5.91. The lowest BCUT2D eigenvalue weighted by Gasteiger charge is -2.50. The number of fused-ring (bicyclic) bond motifs is 5. The van der Waals surface area contributed by atoms with Crippen LogP contribution < -0.4 is 10.4 Å². The molecule has 0 bridgehead atoms. The number of anilines is 2. The van der Waals surface area contributed by atoms with Gasteiger partial charge in [-0.05, 0) is 60.0 Å². The number of nitrogens with zero attached hydrogens (tertiary/aromatic N) is 5. The van der Waals surface area contributed by atoms with Crippen molar-refractivity contribution in [3.05, 3.63) is 134 Å². The number of phenols is 1. The summed E-state index contributed by atoms with van der Waals surface area (Å²) < 4.78 is 82.0. The predicted octanol–water partition coefficient (Wildman–Crippen LogP) is 9.37. The molecule has 5 aromatic rings. The van der Waals surface area contributed by atoms with Gasteiger partial charge in [-0.1, -0.05) is 95.0 Å². The summed E-state index contributed by atoms with van der Waals surface area (Å²) in [6.45, 7) is 0. The molecule has 20 heteroatoms. The minimum atomic E-state index is -4.89. The van der Waals surface area contributed by atoms with E-state index in [9.17, 15) is 41.0 Å². The second-order valence-electron chi connectivity index (χ2n) is 15.7. The van der Waals surface area contributed by atoms with Gasteiger partial charge in [-0.15, -0.1) is 0 Å². The van der Waals surface area contributed by atoms with Gasteiger partial charge in [0.05, 0.1) is 38.8 Å². The van der Waals surface area contributed by atoms with Crippen molar-refractivity contribution < 1.29 is 50.6 Å². The monoisotopic (exact) mass is 928 g/mol. The third kappa shape index (κ3) is 6.48. The molecule has 2 aliphatic carbocycles. The van der Waals surface area contributed by atoms with Gasteiger partial charge < -0.3 is 5.11 Å². The first-order valence-corrected chi connectivity index (χ1v) is 20.3. The lowest BCUT2D eigenvalue weighted by atomic mass is 9.49. The molecule has 4 aliphatic rings. The van der Waals surface area contributed by atoms with E-state index in [0.29, 0.717) is 44.7 Å². The van der Waals surface area contributed by atoms with Crippen LogP contribution in [0, 0.1) is 23.7 Å². The number of nitrogens with one attached hydrogen (secondary N) is 1. The average Bonchev–Trinajstić information content (AvgIpc) is 3.61. The van der Waals surface area contributed by atoms with Gasteiger partial charge in [0, 0.05) is 35.1 Å². The number of aromatic nitrogens is 2. The lowest BCUT2D eigenvalue weighted by molar-refractivity contribution is -0.142. The molecule has 0 spiro atoms. The molecule has 11 nitrogen and oxygen atoms in total. The lowest BCUT2D eigenvalue weighted by Crippen LogP contribution is -2.53. The molecule has 2 aliphatic heterocycles. The van der Waals surface area contributed by atoms with Crippen LogP contribution in [-0.4, -0.2) is 55.8 Å². The number of hydrogen-bond donors (Lipinski definition) is 2. The number of rotatable bonds is 6. The summed E-state index contributed by atoms with van der Waals surface area (Å²) in [5, 5.41) is 14.8. The third-order valence-corrected chi connectivity index (χ3v) is 13.3. The summed E-state index contributed by atoms with van der Waals surface area (Å²) >= 11 is 18.9. The molecule has 6 atom stereocenters. The molecule has 2 aromatic heterocycles. The van der Waals surface area contributed by atoms with E-state index in [-0.39, 0.29) is 39.8 Å². The molecule has 4 amide bonds. The van der Waals surface area contributed by atoms with Crippen LogP contribution in [0.3, 0.4) is 0 Å². The SMILES string of the molecule is CN(c1nc(C(F)(F)F)ccc1Cl)N1C(=O)C2CC=C3C(CC4C(=O)N(Nc5ncc(C(F)(F)F)cc5Cl)C(=O)C4(c4ccc(Cl)cc4)C3c3ccc4ccccc4c3O)C2C1=O. The fourth-order valence-electron chi connectivity index (χ4n) is 9.82. The number of amides is 4. The molecule has 4 heterocycles. The van der Waals surface area contributed by atoms with Crippen LogP contribution in [0.5, 0.6) is 5.75 Å². The van der Waals surface area contributed by atoms with Crippen molar-refractivity contribution in [3.8, 4) is 5.75 Å². The van der Waals surface area contributed by atoms with E-state index in [1.54, 1.807) is 42.5 Å². The largest absolute Gasteiger partial charge is 0.507 e. The molecular weight excluding hydrogens is 901 g/mol. The number of carbonyl (C=O) groups is 4. The number of pyridine rings is 2. The zero-order chi connectivity index (χ0) is 45.1. The Morgan fingerprint density at radius 2 is 1.56 bits per heavy atom. The first-order valence-electron chi connectivity index (χ1n) is 19.1. The van der Waals surface area contributed by atoms with Crippen LogP contribution in [0.25, 0.3) is 10.8 Å². The minimum absolute atomic E-state index is 0.101. The number of aromatic hydroxyl groups is 1. The van der Waals surface area contributed by atoms with E-state index in [2.05, 4.69) is 15.4 Å². The standard InChI is InChI=1S/C43H29Cl3F6N6O5/c1-56(36-29(45)14-15-31(54-36)43(50,51)52)58-37(60)25-13-12-24-27(32(25)39(58)62)17-28-38(61)57(55-35-30(46)16-21(18-53-35)42(47,48)49)40(63)41(28,20-7-9-22(44)10-8-20)33(24)26-11-6-19-4-2-3-5-23(19)34(26)59/h2-12,14-16,18,25,27-28,32-33,59H,13,17H2,1H3,(H,53,55). The van der Waals surface area contributed by atoms with Gasteiger partial charge in [0.15, 0.2) is 11.6 Å². The van der Waals surface area contributed by atoms with E-state index >= 15 is 9.59 Å². The van der Waals surface area contributed by atoms with Gasteiger partial charge in [-0.2, -0.15) is 36.4 Å². The molecule has 63 heavy (non-hydrogen) atoms. The van der Waals surface area contributed by atoms with E-state index in [1.807, 2.05) is 0 Å². The number of hydrogen-bond acceptors (Lipinski definition) is 9. The summed E-state index contributed by atoms with van der Waals surface area (Å²) in [5.74, 6) is -10.7. The highest BCUT2D eigenvalue weighted by molar-refractivity contribution is 6.33. The maximum atomic E-state index is 15.5. The highest BCUT2D eigenvalue weighted by atomic mass is 35.5. The van der Waals surface area contributed by atoms with Crippen LogP contribution in [-0.2, 0) is 36.9 Å². The number of imide groups is 2. The van der Waals surface area contributed by atoms with Gasteiger partial charge in [0.1, 0.15) is 11.4 Å². The van der Waals surface area contributed by atoms with E-state index in [4.69, 9.17) is 34.8 Å². The molecule has 0 radical (unpaired) electrons. The van der Waals surface area contributed by atoms with Crippen LogP contribution in [0.2, 0.25) is 15.1 Å². The van der Waals surface area contributed by atoms with Crippen LogP contribution in [0.4, 0.5) is 38.0 Å². The van der Waals surface area contributed by atoms with Gasteiger partial charge in [0.2, 0.25) is 0 Å². The Bertz CT molecular complexity index is 2830. The molecule has 2 saturated heterocycles. The van der Waals surface area contributed by atoms with Crippen molar-refractivity contribution in [1.82, 2.24) is 20.0 Å². The van der Waals surface area contributed by atoms with Crippen LogP contribution in [0.15, 0.2) is 96.7 Å². The number of alkyl halides is 6. The first kappa shape index (κ1) is 42.4. The van der Waals surface area contributed by atoms with Crippen molar-refractivity contribution >= 4 is 80.8 Å². The summed E-state index contributed by atoms with van der Waals surface area (Å²) in [7, 11) is 1.17. The topological polar surface area (TPSA) is 136 Å². The number of benzene rings is 3. The zero-order valence-electron chi connectivity index (χ0n) is 32.2. The fraction of sp³-hybridized carbons (Fsp3) is 0.256. The Morgan fingerprint density at radius 1 is 0.841 bits per heavy atom. The predicted molar refractivity (Wildman–Crippen MR) is 217 cm³/mol. The summed E-state index contributed by atoms with van der Waals surface area (Å²) in [5.41, 5.74) is -1.10. The number of phenolic OH excluding ortho intramolecular Hbond substituents is 1. The number of carbonyl (C=O) groups excluding carboxylic acids is 4. The summed E-state index contributed by atoms with van der Waals surface area (Å²) in [6.07, 6.45) is -7.92. The Balaban J connectivity index is 1.22. The van der Waals surface area contributed by atoms with Crippen molar-refractivity contribution in [1.29, 1.82) is 0 Å². The molecular formula is C43H29Cl3F6N6O5. The number of allylic oxidation sites excluding steroid dienone is 2. The van der Waals surface area contributed by atoms with Crippen molar-refractivity contribution in [2.75, 3.05) is 17.5 Å². The second kappa shape index (κ2) is 14.8. The molecule has 6 unspecified atom stereocenters. The highest BCUT2D eigenvalue weighted by Crippen LogP contribution is 2.65. The van der Waals surface area contributed by atoms with E-state index in [0.717, 1.165) is 11.1 Å². The normalized spacial score (nSPS) is 24.7. The quantitative estimate of drug-likeness (QED) is 0.0970. The molecule has 2 N–H and O–H groups in total. The number of halogens is 9. The molecule has 324 valence electrons. The van der Waals surface area contributed by atoms with Crippen LogP contribution >= 0.6 is 34.8 Å². The van der Waals surface area contributed by atoms with Gasteiger partial charge >= 0.3 is 12.4 Å². The van der Waals surface area contributed by atoms with Crippen LogP contribution in [0.1, 0.15) is 41.1 Å². The number of hydrazine groups is 2. The average molecular weight is 930 g/mol. The maximum Gasteiger partial charge on any atom is 0.433 e. The fourth-order valence-corrected chi connectivity index (χ4v) is 10.4. The molecule has 9 rings (SSSR count). The molecule has 1 saturated carbocycles. The van der Waals surface area contributed by atoms with Crippen molar-refractivity contribution in [3.63, 3.8) is 0 Å². The second-order valence-corrected chi connectivity index (χ2v) is 16.9. The Morgan fingerprint density at radius 3 is 2.24 bits per heavy atom. The van der Waals surface area contributed by atoms with Gasteiger partial charge in [-0.3, -0.25) is 29.6 Å². The summed E-state index contributed by atoms with van der Waals surface area (Å²) in [6, 6.07) is 18.4. The van der Waals surface area contributed by atoms with E-state index < -0.39 is 98.9 Å². The van der Waals surface area contributed by atoms with Gasteiger partial charge in [0.25, 0.3) is 23.6 Å². The molecule has 3 fully saturated rings. The van der Waals surface area contributed by atoms with Gasteiger partial charge in [-0.25, -0.2) is 9.97 Å². The Labute approximate surface area is 367 Å².